The summed E-state index contributed by atoms with van der Waals surface area (Å²) in [7, 11) is 0. The predicted octanol–water partition coefficient (Wildman–Crippen LogP) is 3.10. The Morgan fingerprint density at radius 1 is 1.38 bits per heavy atom. The van der Waals surface area contributed by atoms with Gasteiger partial charge in [0.25, 0.3) is 4.46 Å². The van der Waals surface area contributed by atoms with E-state index >= 15 is 0 Å². The van der Waals surface area contributed by atoms with E-state index in [2.05, 4.69) is 5.32 Å². The van der Waals surface area contributed by atoms with Crippen molar-refractivity contribution in [2.75, 3.05) is 11.9 Å². The van der Waals surface area contributed by atoms with Crippen molar-refractivity contribution in [1.29, 1.82) is 0 Å². The number of ether oxygens (including phenoxy) is 1. The molecule has 0 heterocycles. The Labute approximate surface area is 105 Å². The minimum Gasteiger partial charge on any atom is -0.462 e. The number of aryl methyl sites for hydroxylation is 1. The largest absolute Gasteiger partial charge is 0.462 e. The van der Waals surface area contributed by atoms with Crippen LogP contribution in [0, 0.1) is 6.92 Å². The summed E-state index contributed by atoms with van der Waals surface area (Å²) >= 11 is 11.6. The van der Waals surface area contributed by atoms with Crippen LogP contribution in [-0.4, -0.2) is 17.0 Å². The molecule has 0 aliphatic heterocycles. The van der Waals surface area contributed by atoms with Crippen molar-refractivity contribution in [1.82, 2.24) is 0 Å². The van der Waals surface area contributed by atoms with Gasteiger partial charge in [0, 0.05) is 5.69 Å². The van der Waals surface area contributed by atoms with Crippen molar-refractivity contribution in [3.63, 3.8) is 0 Å². The zero-order valence-electron chi connectivity index (χ0n) is 9.09. The summed E-state index contributed by atoms with van der Waals surface area (Å²) in [5, 5.41) is 2.69. The quantitative estimate of drug-likeness (QED) is 0.514. The van der Waals surface area contributed by atoms with Crippen molar-refractivity contribution in [3.05, 3.63) is 29.8 Å². The molecule has 5 heteroatoms. The van der Waals surface area contributed by atoms with Gasteiger partial charge >= 0.3 is 5.97 Å². The van der Waals surface area contributed by atoms with Crippen molar-refractivity contribution in [2.24, 2.45) is 0 Å². The Bertz CT molecular complexity index is 363. The van der Waals surface area contributed by atoms with Gasteiger partial charge in [-0.25, -0.2) is 4.79 Å². The van der Waals surface area contributed by atoms with E-state index in [1.54, 1.807) is 19.1 Å². The molecule has 0 saturated heterocycles. The topological polar surface area (TPSA) is 38.3 Å². The molecule has 1 aromatic carbocycles. The van der Waals surface area contributed by atoms with Crippen molar-refractivity contribution in [2.45, 2.75) is 18.3 Å². The summed E-state index contributed by atoms with van der Waals surface area (Å²) < 4.78 is 2.98. The fourth-order valence-electron chi connectivity index (χ4n) is 1.09. The van der Waals surface area contributed by atoms with E-state index < -0.39 is 10.4 Å². The number of carbonyl (C=O) groups excluding carboxylic acids is 1. The normalized spacial score (nSPS) is 11.0. The third-order valence-corrected chi connectivity index (χ3v) is 2.38. The standard InChI is InChI=1S/C11H13Cl2NO2/c1-3-16-10(15)11(12,13)14-9-6-4-8(2)5-7-9/h4-7,14H,3H2,1-2H3. The first kappa shape index (κ1) is 13.1. The van der Waals surface area contributed by atoms with Crippen LogP contribution in [0.2, 0.25) is 0 Å². The Balaban J connectivity index is 2.72. The first-order chi connectivity index (χ1) is 7.45. The van der Waals surface area contributed by atoms with Crippen LogP contribution in [0.5, 0.6) is 0 Å². The van der Waals surface area contributed by atoms with Gasteiger partial charge in [0.15, 0.2) is 0 Å². The molecular weight excluding hydrogens is 249 g/mol. The van der Waals surface area contributed by atoms with Crippen LogP contribution in [0.25, 0.3) is 0 Å². The number of halogens is 2. The van der Waals surface area contributed by atoms with Crippen molar-refractivity contribution >= 4 is 34.9 Å². The van der Waals surface area contributed by atoms with E-state index in [0.717, 1.165) is 5.56 Å². The highest BCUT2D eigenvalue weighted by atomic mass is 35.5. The second-order valence-electron chi connectivity index (χ2n) is 3.29. The first-order valence-corrected chi connectivity index (χ1v) is 5.61. The van der Waals surface area contributed by atoms with Gasteiger partial charge in [-0.1, -0.05) is 40.9 Å². The molecule has 0 spiro atoms. The second kappa shape index (κ2) is 5.41. The fraction of sp³-hybridized carbons (Fsp3) is 0.364. The molecule has 0 radical (unpaired) electrons. The lowest BCUT2D eigenvalue weighted by Crippen LogP contribution is -2.36. The number of alkyl halides is 2. The Morgan fingerprint density at radius 3 is 2.44 bits per heavy atom. The molecule has 0 aliphatic rings. The van der Waals surface area contributed by atoms with Gasteiger partial charge in [0.05, 0.1) is 6.61 Å². The minimum absolute atomic E-state index is 0.232. The molecule has 1 rings (SSSR count). The van der Waals surface area contributed by atoms with Crippen LogP contribution < -0.4 is 5.32 Å². The molecule has 3 nitrogen and oxygen atoms in total. The number of hydrogen-bond acceptors (Lipinski definition) is 3. The number of carbonyl (C=O) groups is 1. The van der Waals surface area contributed by atoms with E-state index in [1.807, 2.05) is 19.1 Å². The summed E-state index contributed by atoms with van der Waals surface area (Å²) in [5.41, 5.74) is 1.76. The SMILES string of the molecule is CCOC(=O)C(Cl)(Cl)Nc1ccc(C)cc1. The molecule has 88 valence electrons. The molecule has 0 saturated carbocycles. The highest BCUT2D eigenvalue weighted by Crippen LogP contribution is 2.25. The number of nitrogens with one attached hydrogen (secondary N) is 1. The fourth-order valence-corrected chi connectivity index (χ4v) is 1.42. The van der Waals surface area contributed by atoms with E-state index in [9.17, 15) is 4.79 Å². The van der Waals surface area contributed by atoms with Gasteiger partial charge in [0.1, 0.15) is 0 Å². The number of anilines is 1. The average Bonchev–Trinajstić information content (AvgIpc) is 2.21. The molecule has 1 N–H and O–H groups in total. The van der Waals surface area contributed by atoms with Crippen LogP contribution in [0.15, 0.2) is 24.3 Å². The van der Waals surface area contributed by atoms with Crippen molar-refractivity contribution < 1.29 is 9.53 Å². The number of benzene rings is 1. The first-order valence-electron chi connectivity index (χ1n) is 4.85. The average molecular weight is 262 g/mol. The van der Waals surface area contributed by atoms with Crippen LogP contribution in [0.4, 0.5) is 5.69 Å². The lowest BCUT2D eigenvalue weighted by molar-refractivity contribution is -0.143. The van der Waals surface area contributed by atoms with Gasteiger partial charge in [-0.3, -0.25) is 0 Å². The van der Waals surface area contributed by atoms with Gasteiger partial charge in [-0.05, 0) is 26.0 Å². The van der Waals surface area contributed by atoms with Gasteiger partial charge in [-0.2, -0.15) is 0 Å². The maximum Gasteiger partial charge on any atom is 0.363 e. The molecule has 1 aromatic rings. The van der Waals surface area contributed by atoms with Gasteiger partial charge in [-0.15, -0.1) is 0 Å². The number of hydrogen-bond donors (Lipinski definition) is 1. The maximum absolute atomic E-state index is 11.4. The second-order valence-corrected chi connectivity index (χ2v) is 4.61. The molecular formula is C11H13Cl2NO2. The maximum atomic E-state index is 11.4. The van der Waals surface area contributed by atoms with Crippen molar-refractivity contribution in [3.8, 4) is 0 Å². The highest BCUT2D eigenvalue weighted by Gasteiger charge is 2.35. The molecule has 0 unspecified atom stereocenters. The Morgan fingerprint density at radius 2 is 1.94 bits per heavy atom. The predicted molar refractivity (Wildman–Crippen MR) is 65.9 cm³/mol. The zero-order chi connectivity index (χ0) is 12.2. The van der Waals surface area contributed by atoms with E-state index in [-0.39, 0.29) is 6.61 Å². The lowest BCUT2D eigenvalue weighted by atomic mass is 10.2. The molecule has 0 amide bonds. The van der Waals surface area contributed by atoms with Crippen LogP contribution in [0.3, 0.4) is 0 Å². The third kappa shape index (κ3) is 3.58. The molecule has 0 aliphatic carbocycles. The molecule has 0 atom stereocenters. The van der Waals surface area contributed by atoms with Gasteiger partial charge < -0.3 is 10.1 Å². The van der Waals surface area contributed by atoms with E-state index in [4.69, 9.17) is 27.9 Å². The number of rotatable bonds is 4. The van der Waals surface area contributed by atoms with E-state index in [0.29, 0.717) is 5.69 Å². The summed E-state index contributed by atoms with van der Waals surface area (Å²) in [4.78, 5) is 11.4. The van der Waals surface area contributed by atoms with Gasteiger partial charge in [0.2, 0.25) is 0 Å². The zero-order valence-corrected chi connectivity index (χ0v) is 10.6. The van der Waals surface area contributed by atoms with Crippen LogP contribution in [-0.2, 0) is 9.53 Å². The molecule has 0 bridgehead atoms. The smallest absolute Gasteiger partial charge is 0.363 e. The Hall–Kier alpha value is -0.930. The lowest BCUT2D eigenvalue weighted by Gasteiger charge is -2.20. The minimum atomic E-state index is -1.76. The molecule has 16 heavy (non-hydrogen) atoms. The summed E-state index contributed by atoms with van der Waals surface area (Å²) in [5.74, 6) is -0.709. The summed E-state index contributed by atoms with van der Waals surface area (Å²) in [6, 6.07) is 7.34. The Kier molecular flexibility index (Phi) is 4.44. The van der Waals surface area contributed by atoms with Crippen LogP contribution >= 0.6 is 23.2 Å². The molecule has 0 aromatic heterocycles. The summed E-state index contributed by atoms with van der Waals surface area (Å²) in [6.45, 7) is 3.88. The van der Waals surface area contributed by atoms with Crippen LogP contribution in [0.1, 0.15) is 12.5 Å². The number of esters is 1. The highest BCUT2D eigenvalue weighted by molar-refractivity contribution is 6.58. The third-order valence-electron chi connectivity index (χ3n) is 1.88. The summed E-state index contributed by atoms with van der Waals surface area (Å²) in [6.07, 6.45) is 0. The van der Waals surface area contributed by atoms with E-state index in [1.165, 1.54) is 0 Å². The monoisotopic (exact) mass is 261 g/mol. The molecule has 0 fully saturated rings.